The highest BCUT2D eigenvalue weighted by Gasteiger charge is 2.12. The minimum Gasteiger partial charge on any atom is -0.493 e. The molecule has 0 fully saturated rings. The number of rotatable bonds is 10. The van der Waals surface area contributed by atoms with Crippen LogP contribution in [-0.2, 0) is 13.2 Å². The van der Waals surface area contributed by atoms with E-state index in [4.69, 9.17) is 14.5 Å². The van der Waals surface area contributed by atoms with Gasteiger partial charge in [-0.2, -0.15) is 0 Å². The maximum atomic E-state index is 6.29. The average molecular weight is 465 g/mol. The summed E-state index contributed by atoms with van der Waals surface area (Å²) in [7, 11) is 0. The van der Waals surface area contributed by atoms with Crippen LogP contribution in [0.5, 0.6) is 11.5 Å². The normalized spacial score (nSPS) is 11.4. The lowest BCUT2D eigenvalue weighted by Gasteiger charge is -2.14. The van der Waals surface area contributed by atoms with E-state index in [1.54, 1.807) is 0 Å². The van der Waals surface area contributed by atoms with Gasteiger partial charge in [0, 0.05) is 11.9 Å². The molecule has 0 atom stereocenters. The molecule has 0 radical (unpaired) electrons. The predicted molar refractivity (Wildman–Crippen MR) is 143 cm³/mol. The fraction of sp³-hybridized carbons (Fsp3) is 0.258. The minimum absolute atomic E-state index is 0.431. The summed E-state index contributed by atoms with van der Waals surface area (Å²) in [5.41, 5.74) is 3.42. The maximum Gasteiger partial charge on any atom is 0.147 e. The van der Waals surface area contributed by atoms with Gasteiger partial charge in [-0.1, -0.05) is 80.6 Å². The van der Waals surface area contributed by atoms with E-state index >= 15 is 0 Å². The van der Waals surface area contributed by atoms with Crippen molar-refractivity contribution in [3.05, 3.63) is 102 Å². The Bertz CT molecular complexity index is 1420. The van der Waals surface area contributed by atoms with Gasteiger partial charge < -0.3 is 14.0 Å². The average Bonchev–Trinajstić information content (AvgIpc) is 3.24. The summed E-state index contributed by atoms with van der Waals surface area (Å²) < 4.78 is 14.7. The lowest BCUT2D eigenvalue weighted by Crippen LogP contribution is -2.09. The molecule has 4 aromatic carbocycles. The third-order valence-electron chi connectivity index (χ3n) is 6.41. The molecule has 0 saturated heterocycles. The minimum atomic E-state index is 0.431. The number of hydrogen-bond acceptors (Lipinski definition) is 3. The molecular weight excluding hydrogens is 432 g/mol. The molecule has 0 aliphatic rings. The van der Waals surface area contributed by atoms with Crippen molar-refractivity contribution in [1.82, 2.24) is 9.55 Å². The van der Waals surface area contributed by atoms with Crippen LogP contribution in [0, 0.1) is 0 Å². The molecule has 0 amide bonds. The Morgan fingerprint density at radius 1 is 0.743 bits per heavy atom. The number of para-hydroxylation sites is 3. The largest absolute Gasteiger partial charge is 0.493 e. The highest BCUT2D eigenvalue weighted by atomic mass is 16.5. The van der Waals surface area contributed by atoms with Crippen LogP contribution in [0.3, 0.4) is 0 Å². The molecule has 0 unspecified atom stereocenters. The van der Waals surface area contributed by atoms with Gasteiger partial charge in [0.15, 0.2) is 0 Å². The van der Waals surface area contributed by atoms with Crippen LogP contribution in [0.1, 0.15) is 44.0 Å². The predicted octanol–water partition coefficient (Wildman–Crippen LogP) is 7.75. The molecule has 5 rings (SSSR count). The second-order valence-corrected chi connectivity index (χ2v) is 9.18. The highest BCUT2D eigenvalue weighted by Crippen LogP contribution is 2.27. The molecule has 5 aromatic rings. The lowest BCUT2D eigenvalue weighted by atomic mass is 10.0. The monoisotopic (exact) mass is 464 g/mol. The van der Waals surface area contributed by atoms with E-state index in [9.17, 15) is 0 Å². The maximum absolute atomic E-state index is 6.29. The molecule has 178 valence electrons. The van der Waals surface area contributed by atoms with Gasteiger partial charge in [-0.15, -0.1) is 0 Å². The Kier molecular flexibility index (Phi) is 6.99. The van der Waals surface area contributed by atoms with E-state index in [1.807, 2.05) is 30.3 Å². The van der Waals surface area contributed by atoms with E-state index in [-0.39, 0.29) is 0 Å². The number of hydrogen-bond donors (Lipinski definition) is 0. The molecule has 0 saturated carbocycles. The first-order valence-corrected chi connectivity index (χ1v) is 12.5. The smallest absolute Gasteiger partial charge is 0.147 e. The third-order valence-corrected chi connectivity index (χ3v) is 6.41. The highest BCUT2D eigenvalue weighted by molar-refractivity contribution is 5.88. The van der Waals surface area contributed by atoms with Crippen molar-refractivity contribution < 1.29 is 9.47 Å². The van der Waals surface area contributed by atoms with Gasteiger partial charge >= 0.3 is 0 Å². The van der Waals surface area contributed by atoms with E-state index in [1.165, 1.54) is 10.9 Å². The van der Waals surface area contributed by atoms with Crippen molar-refractivity contribution in [1.29, 1.82) is 0 Å². The number of nitrogens with zero attached hydrogens (tertiary/aromatic N) is 2. The molecular formula is C31H32N2O2. The van der Waals surface area contributed by atoms with Gasteiger partial charge in [-0.05, 0) is 54.0 Å². The van der Waals surface area contributed by atoms with Crippen LogP contribution in [0.4, 0.5) is 0 Å². The zero-order valence-corrected chi connectivity index (χ0v) is 20.5. The summed E-state index contributed by atoms with van der Waals surface area (Å²) in [6, 6.07) is 31.2. The van der Waals surface area contributed by atoms with Crippen molar-refractivity contribution in [2.24, 2.45) is 0 Å². The molecule has 35 heavy (non-hydrogen) atoms. The summed E-state index contributed by atoms with van der Waals surface area (Å²) >= 11 is 0. The Morgan fingerprint density at radius 3 is 2.40 bits per heavy atom. The topological polar surface area (TPSA) is 36.3 Å². The first kappa shape index (κ1) is 23.0. The molecule has 1 aromatic heterocycles. The Labute approximate surface area is 207 Å². The van der Waals surface area contributed by atoms with Crippen molar-refractivity contribution in [3.63, 3.8) is 0 Å². The van der Waals surface area contributed by atoms with Crippen LogP contribution in [0.15, 0.2) is 91.0 Å². The Balaban J connectivity index is 1.26. The summed E-state index contributed by atoms with van der Waals surface area (Å²) in [6.07, 6.45) is 1.98. The summed E-state index contributed by atoms with van der Waals surface area (Å²) in [4.78, 5) is 4.89. The molecule has 4 nitrogen and oxygen atoms in total. The molecule has 0 aliphatic carbocycles. The van der Waals surface area contributed by atoms with Gasteiger partial charge in [0.1, 0.15) is 23.9 Å². The Hall–Kier alpha value is -3.79. The second-order valence-electron chi connectivity index (χ2n) is 9.18. The molecule has 4 heteroatoms. The van der Waals surface area contributed by atoms with E-state index in [0.717, 1.165) is 53.1 Å². The van der Waals surface area contributed by atoms with Crippen LogP contribution >= 0.6 is 0 Å². The van der Waals surface area contributed by atoms with Gasteiger partial charge in [0.05, 0.1) is 17.6 Å². The number of benzene rings is 4. The van der Waals surface area contributed by atoms with Crippen LogP contribution in [0.25, 0.3) is 21.8 Å². The summed E-state index contributed by atoms with van der Waals surface area (Å²) in [5.74, 6) is 3.29. The molecule has 0 spiro atoms. The number of aromatic nitrogens is 2. The number of ether oxygens (including phenoxy) is 2. The van der Waals surface area contributed by atoms with Crippen molar-refractivity contribution in [2.75, 3.05) is 6.61 Å². The van der Waals surface area contributed by atoms with Crippen LogP contribution in [0.2, 0.25) is 0 Å². The van der Waals surface area contributed by atoms with Gasteiger partial charge in [-0.3, -0.25) is 0 Å². The molecule has 0 N–H and O–H groups in total. The number of imidazole rings is 1. The van der Waals surface area contributed by atoms with Crippen molar-refractivity contribution in [2.45, 2.75) is 45.8 Å². The SMILES string of the molecule is CC(C)c1ccccc1OCCCCn1c(COc2cccc3ccccc23)nc2ccccc21. The zero-order valence-electron chi connectivity index (χ0n) is 20.5. The number of aryl methyl sites for hydroxylation is 1. The number of unbranched alkanes of at least 4 members (excludes halogenated alkanes) is 1. The molecule has 0 bridgehead atoms. The Morgan fingerprint density at radius 2 is 1.49 bits per heavy atom. The molecule has 1 heterocycles. The summed E-state index contributed by atoms with van der Waals surface area (Å²) in [5, 5.41) is 2.30. The summed E-state index contributed by atoms with van der Waals surface area (Å²) in [6.45, 7) is 6.42. The second kappa shape index (κ2) is 10.6. The first-order valence-electron chi connectivity index (χ1n) is 12.5. The standard InChI is InChI=1S/C31H32N2O2/c1-23(2)25-14-5-8-18-29(25)34-21-10-9-20-33-28-17-7-6-16-27(28)32-31(33)22-35-30-19-11-13-24-12-3-4-15-26(24)30/h3-8,11-19,23H,9-10,20-22H2,1-2H3. The van der Waals surface area contributed by atoms with E-state index < -0.39 is 0 Å². The first-order chi connectivity index (χ1) is 17.2. The third kappa shape index (κ3) is 5.17. The fourth-order valence-corrected chi connectivity index (χ4v) is 4.59. The van der Waals surface area contributed by atoms with Crippen LogP contribution < -0.4 is 9.47 Å². The van der Waals surface area contributed by atoms with Crippen molar-refractivity contribution in [3.8, 4) is 11.5 Å². The zero-order chi connectivity index (χ0) is 24.0. The van der Waals surface area contributed by atoms with E-state index in [0.29, 0.717) is 19.1 Å². The van der Waals surface area contributed by atoms with Crippen LogP contribution in [-0.4, -0.2) is 16.2 Å². The van der Waals surface area contributed by atoms with Gasteiger partial charge in [0.2, 0.25) is 0 Å². The fourth-order valence-electron chi connectivity index (χ4n) is 4.59. The van der Waals surface area contributed by atoms with Gasteiger partial charge in [0.25, 0.3) is 0 Å². The van der Waals surface area contributed by atoms with E-state index in [2.05, 4.69) is 79.1 Å². The quantitative estimate of drug-likeness (QED) is 0.198. The number of fused-ring (bicyclic) bond motifs is 2. The van der Waals surface area contributed by atoms with Gasteiger partial charge in [-0.25, -0.2) is 4.98 Å². The molecule has 0 aliphatic heterocycles. The lowest BCUT2D eigenvalue weighted by molar-refractivity contribution is 0.286. The van der Waals surface area contributed by atoms with Crippen molar-refractivity contribution >= 4 is 21.8 Å².